The van der Waals surface area contributed by atoms with E-state index in [-0.39, 0.29) is 0 Å². The Morgan fingerprint density at radius 1 is 1.21 bits per heavy atom. The fourth-order valence-corrected chi connectivity index (χ4v) is 2.12. The highest BCUT2D eigenvalue weighted by Gasteiger charge is 2.08. The van der Waals surface area contributed by atoms with Crippen LogP contribution in [0.3, 0.4) is 0 Å². The Bertz CT molecular complexity index is 556. The van der Waals surface area contributed by atoms with Gasteiger partial charge in [0.05, 0.1) is 27.5 Å². The van der Waals surface area contributed by atoms with Crippen LogP contribution in [0.15, 0.2) is 40.6 Å². The second-order valence-corrected chi connectivity index (χ2v) is 3.73. The van der Waals surface area contributed by atoms with E-state index in [0.717, 1.165) is 15.8 Å². The first-order valence-electron chi connectivity index (χ1n) is 4.17. The smallest absolute Gasteiger partial charge is 0.228 e. The Labute approximate surface area is 84.0 Å². The Morgan fingerprint density at radius 2 is 2.21 bits per heavy atom. The van der Waals surface area contributed by atoms with Gasteiger partial charge in [-0.2, -0.15) is 0 Å². The Kier molecular flexibility index (Phi) is 1.61. The van der Waals surface area contributed by atoms with Crippen LogP contribution in [0.25, 0.3) is 21.7 Å². The third kappa shape index (κ3) is 1.04. The van der Waals surface area contributed by atoms with Crippen molar-refractivity contribution in [2.45, 2.75) is 0 Å². The lowest BCUT2D eigenvalue weighted by Crippen LogP contribution is -1.78. The molecule has 14 heavy (non-hydrogen) atoms. The van der Waals surface area contributed by atoms with Crippen LogP contribution < -0.4 is 0 Å². The van der Waals surface area contributed by atoms with E-state index in [4.69, 9.17) is 4.42 Å². The zero-order valence-corrected chi connectivity index (χ0v) is 7.99. The minimum absolute atomic E-state index is 0.626. The zero-order chi connectivity index (χ0) is 9.38. The molecule has 0 amide bonds. The summed E-state index contributed by atoms with van der Waals surface area (Å²) in [6.45, 7) is 0. The van der Waals surface area contributed by atoms with E-state index in [9.17, 15) is 0 Å². The van der Waals surface area contributed by atoms with Crippen LogP contribution in [0.5, 0.6) is 0 Å². The van der Waals surface area contributed by atoms with Crippen molar-refractivity contribution in [1.29, 1.82) is 0 Å². The number of fused-ring (bicyclic) bond motifs is 1. The van der Waals surface area contributed by atoms with Crippen molar-refractivity contribution in [2.75, 3.05) is 0 Å². The molecular formula is C10H6N2OS. The van der Waals surface area contributed by atoms with Crippen LogP contribution in [0.1, 0.15) is 0 Å². The second-order valence-electron chi connectivity index (χ2n) is 2.84. The lowest BCUT2D eigenvalue weighted by atomic mass is 10.2. The van der Waals surface area contributed by atoms with Gasteiger partial charge >= 0.3 is 0 Å². The molecule has 0 aliphatic rings. The van der Waals surface area contributed by atoms with Crippen molar-refractivity contribution in [3.05, 3.63) is 36.2 Å². The molecule has 0 radical (unpaired) electrons. The fraction of sp³-hybridized carbons (Fsp3) is 0. The summed E-state index contributed by atoms with van der Waals surface area (Å²) in [6.07, 6.45) is 3.21. The van der Waals surface area contributed by atoms with Crippen molar-refractivity contribution in [3.8, 4) is 11.5 Å². The Morgan fingerprint density at radius 3 is 3.07 bits per heavy atom. The molecule has 0 aliphatic carbocycles. The van der Waals surface area contributed by atoms with E-state index in [1.165, 1.54) is 0 Å². The summed E-state index contributed by atoms with van der Waals surface area (Å²) in [5.74, 6) is 0.626. The topological polar surface area (TPSA) is 38.9 Å². The van der Waals surface area contributed by atoms with E-state index in [1.54, 1.807) is 23.8 Å². The number of thiazole rings is 1. The SMILES string of the molecule is c1cc(-c2ncco2)c2ncsc2c1. The number of hydrogen-bond acceptors (Lipinski definition) is 4. The van der Waals surface area contributed by atoms with Gasteiger partial charge in [0.25, 0.3) is 0 Å². The molecule has 2 aromatic heterocycles. The fourth-order valence-electron chi connectivity index (χ4n) is 1.42. The molecule has 0 saturated heterocycles. The maximum atomic E-state index is 5.25. The number of nitrogens with zero attached hydrogens (tertiary/aromatic N) is 2. The molecule has 0 N–H and O–H groups in total. The lowest BCUT2D eigenvalue weighted by Gasteiger charge is -1.95. The van der Waals surface area contributed by atoms with Gasteiger partial charge in [0.15, 0.2) is 0 Å². The van der Waals surface area contributed by atoms with E-state index in [0.29, 0.717) is 5.89 Å². The number of rotatable bonds is 1. The van der Waals surface area contributed by atoms with Gasteiger partial charge in [-0.1, -0.05) is 6.07 Å². The van der Waals surface area contributed by atoms with E-state index >= 15 is 0 Å². The number of aromatic nitrogens is 2. The van der Waals surface area contributed by atoms with Gasteiger partial charge in [0.2, 0.25) is 5.89 Å². The van der Waals surface area contributed by atoms with Gasteiger partial charge in [0.1, 0.15) is 6.26 Å². The van der Waals surface area contributed by atoms with Crippen LogP contribution >= 0.6 is 11.3 Å². The second kappa shape index (κ2) is 2.92. The Balaban J connectivity index is 2.36. The molecule has 3 nitrogen and oxygen atoms in total. The molecule has 0 fully saturated rings. The molecule has 1 aromatic carbocycles. The summed E-state index contributed by atoms with van der Waals surface area (Å²) < 4.78 is 6.40. The minimum Gasteiger partial charge on any atom is -0.444 e. The van der Waals surface area contributed by atoms with Crippen molar-refractivity contribution in [3.63, 3.8) is 0 Å². The molecule has 2 heterocycles. The molecule has 3 rings (SSSR count). The van der Waals surface area contributed by atoms with Gasteiger partial charge in [-0.25, -0.2) is 9.97 Å². The van der Waals surface area contributed by atoms with E-state index in [1.807, 2.05) is 23.7 Å². The normalized spacial score (nSPS) is 10.9. The molecule has 0 bridgehead atoms. The third-order valence-corrected chi connectivity index (χ3v) is 2.82. The van der Waals surface area contributed by atoms with Gasteiger partial charge in [-0.3, -0.25) is 0 Å². The maximum Gasteiger partial charge on any atom is 0.228 e. The van der Waals surface area contributed by atoms with Crippen LogP contribution in [-0.2, 0) is 0 Å². The lowest BCUT2D eigenvalue weighted by molar-refractivity contribution is 0.575. The highest BCUT2D eigenvalue weighted by Crippen LogP contribution is 2.28. The molecule has 0 atom stereocenters. The van der Waals surface area contributed by atoms with Crippen LogP contribution in [-0.4, -0.2) is 9.97 Å². The maximum absolute atomic E-state index is 5.25. The van der Waals surface area contributed by atoms with Crippen LogP contribution in [0.4, 0.5) is 0 Å². The van der Waals surface area contributed by atoms with Crippen LogP contribution in [0.2, 0.25) is 0 Å². The number of benzene rings is 1. The van der Waals surface area contributed by atoms with Gasteiger partial charge in [0, 0.05) is 0 Å². The van der Waals surface area contributed by atoms with Gasteiger partial charge < -0.3 is 4.42 Å². The average Bonchev–Trinajstić information content (AvgIpc) is 2.88. The minimum atomic E-state index is 0.626. The first-order valence-corrected chi connectivity index (χ1v) is 5.05. The summed E-state index contributed by atoms with van der Waals surface area (Å²) in [5, 5.41) is 0. The van der Waals surface area contributed by atoms with Gasteiger partial charge in [-0.05, 0) is 12.1 Å². The van der Waals surface area contributed by atoms with E-state index < -0.39 is 0 Å². The summed E-state index contributed by atoms with van der Waals surface area (Å²) in [6, 6.07) is 5.99. The number of oxazole rings is 1. The summed E-state index contributed by atoms with van der Waals surface area (Å²) in [5.41, 5.74) is 3.74. The summed E-state index contributed by atoms with van der Waals surface area (Å²) in [4.78, 5) is 8.41. The van der Waals surface area contributed by atoms with Crippen molar-refractivity contribution >= 4 is 21.6 Å². The first-order chi connectivity index (χ1) is 6.95. The predicted molar refractivity (Wildman–Crippen MR) is 55.1 cm³/mol. The number of hydrogen-bond donors (Lipinski definition) is 0. The monoisotopic (exact) mass is 202 g/mol. The summed E-state index contributed by atoms with van der Waals surface area (Å²) in [7, 11) is 0. The van der Waals surface area contributed by atoms with Gasteiger partial charge in [-0.15, -0.1) is 11.3 Å². The van der Waals surface area contributed by atoms with Crippen LogP contribution in [0, 0.1) is 0 Å². The molecule has 0 saturated carbocycles. The largest absolute Gasteiger partial charge is 0.444 e. The third-order valence-electron chi connectivity index (χ3n) is 2.02. The zero-order valence-electron chi connectivity index (χ0n) is 7.18. The highest BCUT2D eigenvalue weighted by atomic mass is 32.1. The molecular weight excluding hydrogens is 196 g/mol. The molecule has 68 valence electrons. The van der Waals surface area contributed by atoms with Crippen molar-refractivity contribution in [2.24, 2.45) is 0 Å². The standard InChI is InChI=1S/C10H6N2OS/c1-2-7(10-11-4-5-13-10)9-8(3-1)14-6-12-9/h1-6H. The Hall–Kier alpha value is -1.68. The molecule has 0 spiro atoms. The predicted octanol–water partition coefficient (Wildman–Crippen LogP) is 2.95. The molecule has 4 heteroatoms. The van der Waals surface area contributed by atoms with Crippen molar-refractivity contribution in [1.82, 2.24) is 9.97 Å². The average molecular weight is 202 g/mol. The van der Waals surface area contributed by atoms with E-state index in [2.05, 4.69) is 9.97 Å². The quantitative estimate of drug-likeness (QED) is 0.609. The molecule has 0 unspecified atom stereocenters. The molecule has 0 aliphatic heterocycles. The first kappa shape index (κ1) is 7.70. The molecule has 3 aromatic rings. The number of para-hydroxylation sites is 1. The highest BCUT2D eigenvalue weighted by molar-refractivity contribution is 7.16. The summed E-state index contributed by atoms with van der Waals surface area (Å²) >= 11 is 1.62. The van der Waals surface area contributed by atoms with Crippen molar-refractivity contribution < 1.29 is 4.42 Å².